The van der Waals surface area contributed by atoms with E-state index in [1.165, 1.54) is 27.8 Å². The molecule has 0 fully saturated rings. The molecule has 1 amide bonds. The van der Waals surface area contributed by atoms with Gasteiger partial charge in [0.1, 0.15) is 0 Å². The predicted molar refractivity (Wildman–Crippen MR) is 135 cm³/mol. The lowest BCUT2D eigenvalue weighted by molar-refractivity contribution is 0.0668. The van der Waals surface area contributed by atoms with Crippen LogP contribution in [0.15, 0.2) is 84.9 Å². The molecular formula is C31H25NO3. The quantitative estimate of drug-likeness (QED) is 0.341. The summed E-state index contributed by atoms with van der Waals surface area (Å²) >= 11 is 0. The van der Waals surface area contributed by atoms with Crippen molar-refractivity contribution in [1.82, 2.24) is 4.90 Å². The Labute approximate surface area is 204 Å². The Morgan fingerprint density at radius 3 is 2.31 bits per heavy atom. The molecule has 0 unspecified atom stereocenters. The molecule has 0 radical (unpaired) electrons. The monoisotopic (exact) mass is 459 g/mol. The van der Waals surface area contributed by atoms with Crippen molar-refractivity contribution < 1.29 is 14.3 Å². The molecule has 0 atom stereocenters. The number of hydrogen-bond donors (Lipinski definition) is 0. The summed E-state index contributed by atoms with van der Waals surface area (Å²) < 4.78 is 11.1. The topological polar surface area (TPSA) is 38.8 Å². The Balaban J connectivity index is 1.29. The molecule has 4 nitrogen and oxygen atoms in total. The van der Waals surface area contributed by atoms with Gasteiger partial charge >= 0.3 is 0 Å². The summed E-state index contributed by atoms with van der Waals surface area (Å²) in [5.74, 6) is 1.60. The van der Waals surface area contributed by atoms with Crippen molar-refractivity contribution in [3.63, 3.8) is 0 Å². The van der Waals surface area contributed by atoms with Gasteiger partial charge in [-0.25, -0.2) is 0 Å². The molecule has 4 aromatic rings. The van der Waals surface area contributed by atoms with Gasteiger partial charge in [0.2, 0.25) is 6.79 Å². The molecule has 0 saturated carbocycles. The minimum atomic E-state index is 0.0917. The van der Waals surface area contributed by atoms with E-state index < -0.39 is 0 Å². The van der Waals surface area contributed by atoms with E-state index >= 15 is 0 Å². The van der Waals surface area contributed by atoms with Gasteiger partial charge in [-0.3, -0.25) is 4.79 Å². The van der Waals surface area contributed by atoms with Gasteiger partial charge in [-0.05, 0) is 76.4 Å². The van der Waals surface area contributed by atoms with E-state index in [2.05, 4.69) is 59.5 Å². The van der Waals surface area contributed by atoms with E-state index in [1.807, 2.05) is 30.3 Å². The number of benzene rings is 4. The first-order valence-corrected chi connectivity index (χ1v) is 12.2. The van der Waals surface area contributed by atoms with Crippen LogP contribution in [0.3, 0.4) is 0 Å². The van der Waals surface area contributed by atoms with Crippen molar-refractivity contribution in [2.45, 2.75) is 31.8 Å². The van der Waals surface area contributed by atoms with Crippen LogP contribution in [0.4, 0.5) is 0 Å². The number of hydrogen-bond acceptors (Lipinski definition) is 3. The fourth-order valence-corrected chi connectivity index (χ4v) is 5.88. The van der Waals surface area contributed by atoms with Crippen molar-refractivity contribution in [2.24, 2.45) is 0 Å². The van der Waals surface area contributed by atoms with Gasteiger partial charge in [0.05, 0.1) is 0 Å². The maximum absolute atomic E-state index is 14.4. The Morgan fingerprint density at radius 2 is 1.49 bits per heavy atom. The summed E-state index contributed by atoms with van der Waals surface area (Å²) in [7, 11) is 0. The lowest BCUT2D eigenvalue weighted by atomic mass is 9.97. The highest BCUT2D eigenvalue weighted by molar-refractivity contribution is 6.03. The van der Waals surface area contributed by atoms with Crippen LogP contribution in [-0.2, 0) is 25.8 Å². The smallest absolute Gasteiger partial charge is 0.255 e. The fourth-order valence-electron chi connectivity index (χ4n) is 5.88. The average Bonchev–Trinajstić information content (AvgIpc) is 3.62. The number of nitrogens with zero attached hydrogens (tertiary/aromatic N) is 1. The Morgan fingerprint density at radius 1 is 0.771 bits per heavy atom. The molecular weight excluding hydrogens is 434 g/mol. The van der Waals surface area contributed by atoms with Gasteiger partial charge in [0, 0.05) is 18.2 Å². The second-order valence-electron chi connectivity index (χ2n) is 9.63. The molecule has 172 valence electrons. The van der Waals surface area contributed by atoms with Gasteiger partial charge in [0.25, 0.3) is 5.91 Å². The summed E-state index contributed by atoms with van der Waals surface area (Å²) in [6.07, 6.45) is 2.62. The molecule has 1 heterocycles. The molecule has 0 spiro atoms. The number of carbonyl (C=O) groups is 1. The number of carbonyl (C=O) groups excluding carboxylic acids is 1. The van der Waals surface area contributed by atoms with E-state index in [4.69, 9.17) is 9.47 Å². The normalized spacial score (nSPS) is 15.0. The van der Waals surface area contributed by atoms with Crippen LogP contribution in [0.25, 0.3) is 11.1 Å². The van der Waals surface area contributed by atoms with E-state index in [-0.39, 0.29) is 18.7 Å². The maximum Gasteiger partial charge on any atom is 0.255 e. The first-order chi connectivity index (χ1) is 17.2. The molecule has 0 saturated heterocycles. The second kappa shape index (κ2) is 8.02. The largest absolute Gasteiger partial charge is 0.454 e. The second-order valence-corrected chi connectivity index (χ2v) is 9.63. The van der Waals surface area contributed by atoms with Gasteiger partial charge in [0.15, 0.2) is 11.5 Å². The van der Waals surface area contributed by atoms with Crippen LogP contribution < -0.4 is 9.47 Å². The zero-order valence-corrected chi connectivity index (χ0v) is 19.4. The summed E-state index contributed by atoms with van der Waals surface area (Å²) in [6, 6.07) is 29.3. The first kappa shape index (κ1) is 20.3. The summed E-state index contributed by atoms with van der Waals surface area (Å²) in [5, 5.41) is 0. The molecule has 35 heavy (non-hydrogen) atoms. The number of amides is 1. The third kappa shape index (κ3) is 3.40. The fraction of sp³-hybridized carbons (Fsp3) is 0.194. The third-order valence-electron chi connectivity index (χ3n) is 7.57. The zero-order chi connectivity index (χ0) is 23.4. The molecule has 2 aliphatic carbocycles. The molecule has 3 aliphatic rings. The Kier molecular flexibility index (Phi) is 4.66. The van der Waals surface area contributed by atoms with Crippen LogP contribution in [0, 0.1) is 0 Å². The average molecular weight is 460 g/mol. The molecule has 0 bridgehead atoms. The van der Waals surface area contributed by atoms with Gasteiger partial charge < -0.3 is 14.4 Å². The van der Waals surface area contributed by atoms with Crippen LogP contribution in [0.5, 0.6) is 11.5 Å². The molecule has 0 N–H and O–H groups in total. The van der Waals surface area contributed by atoms with Crippen LogP contribution >= 0.6 is 0 Å². The van der Waals surface area contributed by atoms with Crippen molar-refractivity contribution in [1.29, 1.82) is 0 Å². The van der Waals surface area contributed by atoms with Crippen LogP contribution in [0.1, 0.15) is 38.2 Å². The lowest BCUT2D eigenvalue weighted by Crippen LogP contribution is -2.40. The number of fused-ring (bicyclic) bond motifs is 5. The van der Waals surface area contributed by atoms with Crippen LogP contribution in [-0.4, -0.2) is 23.6 Å². The van der Waals surface area contributed by atoms with Gasteiger partial charge in [-0.2, -0.15) is 0 Å². The Hall–Kier alpha value is -4.05. The third-order valence-corrected chi connectivity index (χ3v) is 7.57. The van der Waals surface area contributed by atoms with Gasteiger partial charge in [-0.1, -0.05) is 66.7 Å². The minimum Gasteiger partial charge on any atom is -0.454 e. The molecule has 7 rings (SSSR count). The highest BCUT2D eigenvalue weighted by Crippen LogP contribution is 2.40. The highest BCUT2D eigenvalue weighted by Gasteiger charge is 2.33. The number of rotatable bonds is 4. The highest BCUT2D eigenvalue weighted by atomic mass is 16.7. The SMILES string of the molecule is O=C(c1cccc2c1-c1ccccc1C2)N(Cc1ccc2c(c1)OCO2)C1Cc2ccccc2C1. The predicted octanol–water partition coefficient (Wildman–Crippen LogP) is 5.80. The molecule has 0 aromatic heterocycles. The number of ether oxygens (including phenoxy) is 2. The zero-order valence-electron chi connectivity index (χ0n) is 19.4. The van der Waals surface area contributed by atoms with E-state index in [0.717, 1.165) is 47.5 Å². The summed E-state index contributed by atoms with van der Waals surface area (Å²) in [6.45, 7) is 0.772. The van der Waals surface area contributed by atoms with Crippen molar-refractivity contribution in [3.05, 3.63) is 118 Å². The lowest BCUT2D eigenvalue weighted by Gasteiger charge is -2.30. The van der Waals surface area contributed by atoms with Crippen molar-refractivity contribution >= 4 is 5.91 Å². The van der Waals surface area contributed by atoms with Gasteiger partial charge in [-0.15, -0.1) is 0 Å². The van der Waals surface area contributed by atoms with E-state index in [9.17, 15) is 4.79 Å². The maximum atomic E-state index is 14.4. The molecule has 1 aliphatic heterocycles. The minimum absolute atomic E-state index is 0.0917. The van der Waals surface area contributed by atoms with Crippen LogP contribution in [0.2, 0.25) is 0 Å². The van der Waals surface area contributed by atoms with Crippen molar-refractivity contribution in [3.8, 4) is 22.6 Å². The van der Waals surface area contributed by atoms with E-state index in [1.54, 1.807) is 0 Å². The van der Waals surface area contributed by atoms with E-state index in [0.29, 0.717) is 6.54 Å². The molecule has 4 heteroatoms. The summed E-state index contributed by atoms with van der Waals surface area (Å²) in [5.41, 5.74) is 9.32. The standard InChI is InChI=1S/C31H25NO3/c33-31(27-11-5-9-24-15-23-8-3-4-10-26(23)30(24)27)32(25-16-21-6-1-2-7-22(21)17-25)18-20-12-13-28-29(14-20)35-19-34-28/h1-14,25H,15-19H2. The molecule has 4 aromatic carbocycles. The first-order valence-electron chi connectivity index (χ1n) is 12.2. The summed E-state index contributed by atoms with van der Waals surface area (Å²) in [4.78, 5) is 16.4. The Bertz CT molecular complexity index is 1450. The van der Waals surface area contributed by atoms with Crippen molar-refractivity contribution in [2.75, 3.05) is 6.79 Å².